The Bertz CT molecular complexity index is 341. The topological polar surface area (TPSA) is 34.0 Å². The number of terminal acetylenes is 1. The third-order valence-electron chi connectivity index (χ3n) is 4.06. The van der Waals surface area contributed by atoms with Crippen LogP contribution in [0.3, 0.4) is 0 Å². The highest BCUT2D eigenvalue weighted by molar-refractivity contribution is 5.68. The van der Waals surface area contributed by atoms with Crippen LogP contribution < -0.4 is 17.3 Å². The van der Waals surface area contributed by atoms with Crippen LogP contribution in [0.2, 0.25) is 0 Å². The van der Waals surface area contributed by atoms with E-state index in [4.69, 9.17) is 11.2 Å². The van der Waals surface area contributed by atoms with Gasteiger partial charge in [0.15, 0.2) is 5.60 Å². The summed E-state index contributed by atoms with van der Waals surface area (Å²) < 4.78 is 5.73. The van der Waals surface area contributed by atoms with Gasteiger partial charge in [-0.1, -0.05) is 19.8 Å². The number of carbonyl (C=O) groups excluding carboxylic acids is 1. The Morgan fingerprint density at radius 2 is 1.76 bits per heavy atom. The van der Waals surface area contributed by atoms with Crippen molar-refractivity contribution in [1.82, 2.24) is 4.90 Å². The maximum atomic E-state index is 12.3. The van der Waals surface area contributed by atoms with Crippen LogP contribution in [0.25, 0.3) is 0 Å². The van der Waals surface area contributed by atoms with Gasteiger partial charge >= 0.3 is 6.09 Å². The van der Waals surface area contributed by atoms with Crippen LogP contribution in [0, 0.1) is 12.3 Å². The Kier molecular flexibility index (Phi) is 9.48. The van der Waals surface area contributed by atoms with Crippen molar-refractivity contribution in [2.24, 2.45) is 0 Å². The number of hydrogen-bond acceptors (Lipinski definition) is 2. The smallest absolute Gasteiger partial charge is 0.411 e. The molecule has 1 aliphatic rings. The van der Waals surface area contributed by atoms with Crippen molar-refractivity contribution >= 4 is 6.09 Å². The summed E-state index contributed by atoms with van der Waals surface area (Å²) in [4.78, 5) is 15.6. The molecule has 0 saturated carbocycles. The van der Waals surface area contributed by atoms with Crippen molar-refractivity contribution in [3.63, 3.8) is 0 Å². The highest BCUT2D eigenvalue weighted by Crippen LogP contribution is 2.22. The second-order valence-electron chi connectivity index (χ2n) is 5.60. The quantitative estimate of drug-likeness (QED) is 0.594. The Morgan fingerprint density at radius 3 is 2.14 bits per heavy atom. The van der Waals surface area contributed by atoms with E-state index < -0.39 is 5.60 Å². The number of piperidine rings is 1. The summed E-state index contributed by atoms with van der Waals surface area (Å²) in [5.41, 5.74) is -0.685. The molecule has 1 N–H and O–H groups in total. The predicted molar refractivity (Wildman–Crippen MR) is 80.7 cm³/mol. The molecule has 4 nitrogen and oxygen atoms in total. The third-order valence-corrected chi connectivity index (χ3v) is 4.06. The molecule has 0 aromatic heterocycles. The van der Waals surface area contributed by atoms with E-state index in [1.165, 1.54) is 4.90 Å². The third kappa shape index (κ3) is 5.76. The molecule has 1 fully saturated rings. The van der Waals surface area contributed by atoms with Gasteiger partial charge in [0.05, 0.1) is 19.6 Å². The van der Waals surface area contributed by atoms with Crippen molar-refractivity contribution in [3.05, 3.63) is 0 Å². The van der Waals surface area contributed by atoms with E-state index in [9.17, 15) is 4.79 Å². The lowest BCUT2D eigenvalue weighted by atomic mass is 9.92. The Morgan fingerprint density at radius 1 is 1.24 bits per heavy atom. The molecule has 0 atom stereocenters. The molecule has 0 unspecified atom stereocenters. The lowest BCUT2D eigenvalue weighted by Crippen LogP contribution is -3.13. The number of quaternary nitrogens is 1. The molecule has 1 aliphatic heterocycles. The van der Waals surface area contributed by atoms with Gasteiger partial charge < -0.3 is 26.9 Å². The molecule has 21 heavy (non-hydrogen) atoms. The van der Waals surface area contributed by atoms with E-state index in [1.54, 1.807) is 4.90 Å². The first-order valence-electron chi connectivity index (χ1n) is 7.90. The zero-order chi connectivity index (χ0) is 15.0. The van der Waals surface area contributed by atoms with E-state index in [0.29, 0.717) is 0 Å². The van der Waals surface area contributed by atoms with Gasteiger partial charge in [0.25, 0.3) is 0 Å². The lowest BCUT2D eigenvalue weighted by molar-refractivity contribution is -0.905. The van der Waals surface area contributed by atoms with Crippen molar-refractivity contribution < 1.29 is 26.8 Å². The summed E-state index contributed by atoms with van der Waals surface area (Å²) in [7, 11) is 0. The van der Waals surface area contributed by atoms with Gasteiger partial charge in [0.2, 0.25) is 0 Å². The predicted octanol–water partition coefficient (Wildman–Crippen LogP) is -1.68. The second kappa shape index (κ2) is 9.92. The highest BCUT2D eigenvalue weighted by atomic mass is 35.5. The SMILES string of the molecule is C#CC1(OC(=O)N(CCC)CCC)CC[NH+](CC)CC1.[Cl-]. The zero-order valence-electron chi connectivity index (χ0n) is 13.6. The molecule has 122 valence electrons. The van der Waals surface area contributed by atoms with Crippen molar-refractivity contribution in [2.45, 2.75) is 52.1 Å². The van der Waals surface area contributed by atoms with E-state index in [-0.39, 0.29) is 18.5 Å². The highest BCUT2D eigenvalue weighted by Gasteiger charge is 2.39. The molecule has 1 amide bonds. The molecule has 0 aromatic carbocycles. The number of likely N-dealkylation sites (tertiary alicyclic amines) is 1. The van der Waals surface area contributed by atoms with Crippen LogP contribution in [-0.2, 0) is 4.74 Å². The number of amides is 1. The molecular weight excluding hydrogens is 288 g/mol. The normalized spacial score (nSPS) is 24.6. The molecule has 1 saturated heterocycles. The first kappa shape index (κ1) is 20.1. The van der Waals surface area contributed by atoms with Crippen molar-refractivity contribution in [1.29, 1.82) is 0 Å². The van der Waals surface area contributed by atoms with Gasteiger partial charge in [0, 0.05) is 25.9 Å². The van der Waals surface area contributed by atoms with Crippen LogP contribution >= 0.6 is 0 Å². The van der Waals surface area contributed by atoms with E-state index in [1.807, 2.05) is 0 Å². The molecule has 0 aromatic rings. The minimum Gasteiger partial charge on any atom is -1.00 e. The van der Waals surface area contributed by atoms with Gasteiger partial charge in [-0.3, -0.25) is 0 Å². The summed E-state index contributed by atoms with van der Waals surface area (Å²) in [5, 5.41) is 0. The summed E-state index contributed by atoms with van der Waals surface area (Å²) >= 11 is 0. The van der Waals surface area contributed by atoms with Gasteiger partial charge in [-0.05, 0) is 19.8 Å². The van der Waals surface area contributed by atoms with E-state index in [2.05, 4.69) is 26.7 Å². The standard InChI is InChI=1S/C16H28N2O2.ClH/c1-5-11-18(12-6-2)15(19)20-16(7-3)9-13-17(8-4)14-10-16;/h3H,5-6,8-14H2,1-2,4H3;1H. The van der Waals surface area contributed by atoms with Gasteiger partial charge in [0.1, 0.15) is 0 Å². The number of nitrogens with zero attached hydrogens (tertiary/aromatic N) is 1. The maximum absolute atomic E-state index is 12.3. The first-order valence-corrected chi connectivity index (χ1v) is 7.90. The number of ether oxygens (including phenoxy) is 1. The van der Waals surface area contributed by atoms with Crippen LogP contribution in [0.15, 0.2) is 0 Å². The number of halogens is 1. The average molecular weight is 317 g/mol. The molecule has 0 radical (unpaired) electrons. The Balaban J connectivity index is 0.00000400. The molecule has 1 rings (SSSR count). The van der Waals surface area contributed by atoms with E-state index >= 15 is 0 Å². The van der Waals surface area contributed by atoms with Gasteiger partial charge in [-0.25, -0.2) is 4.79 Å². The fraction of sp³-hybridized carbons (Fsp3) is 0.812. The minimum atomic E-state index is -0.685. The lowest BCUT2D eigenvalue weighted by Gasteiger charge is -2.36. The summed E-state index contributed by atoms with van der Waals surface area (Å²) in [6.45, 7) is 10.8. The molecule has 1 heterocycles. The van der Waals surface area contributed by atoms with Crippen molar-refractivity contribution in [2.75, 3.05) is 32.7 Å². The number of rotatable bonds is 6. The zero-order valence-corrected chi connectivity index (χ0v) is 14.3. The largest absolute Gasteiger partial charge is 1.00 e. The second-order valence-corrected chi connectivity index (χ2v) is 5.60. The summed E-state index contributed by atoms with van der Waals surface area (Å²) in [5.74, 6) is 2.75. The molecule has 0 bridgehead atoms. The molecule has 0 spiro atoms. The monoisotopic (exact) mass is 316 g/mol. The Labute approximate surface area is 135 Å². The van der Waals surface area contributed by atoms with Crippen LogP contribution in [0.4, 0.5) is 4.79 Å². The van der Waals surface area contributed by atoms with Crippen LogP contribution in [0.1, 0.15) is 46.5 Å². The van der Waals surface area contributed by atoms with Gasteiger partial charge in [-0.2, -0.15) is 0 Å². The summed E-state index contributed by atoms with van der Waals surface area (Å²) in [6, 6.07) is 0. The van der Waals surface area contributed by atoms with Crippen LogP contribution in [0.5, 0.6) is 0 Å². The summed E-state index contributed by atoms with van der Waals surface area (Å²) in [6.07, 6.45) is 8.83. The average Bonchev–Trinajstić information content (AvgIpc) is 2.47. The first-order chi connectivity index (χ1) is 9.60. The molecule has 0 aliphatic carbocycles. The molecular formula is C16H29ClN2O2. The minimum absolute atomic E-state index is 0. The van der Waals surface area contributed by atoms with Gasteiger partial charge in [-0.15, -0.1) is 6.42 Å². The van der Waals surface area contributed by atoms with Crippen LogP contribution in [-0.4, -0.2) is 49.3 Å². The number of carbonyl (C=O) groups is 1. The van der Waals surface area contributed by atoms with E-state index in [0.717, 1.165) is 58.4 Å². The molecule has 5 heteroatoms. The fourth-order valence-corrected chi connectivity index (χ4v) is 2.70. The Hall–Kier alpha value is -0.920. The maximum Gasteiger partial charge on any atom is 0.411 e. The van der Waals surface area contributed by atoms with Crippen molar-refractivity contribution in [3.8, 4) is 12.3 Å². The fourth-order valence-electron chi connectivity index (χ4n) is 2.70. The number of hydrogen-bond donors (Lipinski definition) is 1. The number of nitrogens with one attached hydrogen (secondary N) is 1.